The molecule has 0 aliphatic rings. The standard InChI is InChI=1S/C15H28N4OS.HI/c1-5-20-11-7-6-9-17-15(16-4)18-10-8-14-12(2)19-13(3)21-14;/h5-11H2,1-4H3,(H2,16,17,18);1H. The molecule has 2 N–H and O–H groups in total. The zero-order valence-corrected chi connectivity index (χ0v) is 17.2. The summed E-state index contributed by atoms with van der Waals surface area (Å²) in [5, 5.41) is 7.80. The minimum atomic E-state index is 0. The fourth-order valence-electron chi connectivity index (χ4n) is 2.00. The number of rotatable bonds is 9. The molecule has 22 heavy (non-hydrogen) atoms. The zero-order chi connectivity index (χ0) is 15.5. The van der Waals surface area contributed by atoms with Crippen LogP contribution in [0.15, 0.2) is 4.99 Å². The van der Waals surface area contributed by atoms with E-state index in [-0.39, 0.29) is 24.0 Å². The van der Waals surface area contributed by atoms with Crippen LogP contribution in [0.3, 0.4) is 0 Å². The monoisotopic (exact) mass is 440 g/mol. The Morgan fingerprint density at radius 3 is 2.55 bits per heavy atom. The second kappa shape index (κ2) is 13.1. The molecule has 0 unspecified atom stereocenters. The lowest BCUT2D eigenvalue weighted by Crippen LogP contribution is -2.38. The molecule has 1 aromatic rings. The van der Waals surface area contributed by atoms with Gasteiger partial charge >= 0.3 is 0 Å². The molecular formula is C15H29IN4OS. The van der Waals surface area contributed by atoms with Crippen LogP contribution < -0.4 is 10.6 Å². The number of guanidine groups is 1. The first-order valence-electron chi connectivity index (χ1n) is 7.62. The van der Waals surface area contributed by atoms with Gasteiger partial charge in [-0.25, -0.2) is 4.98 Å². The molecule has 5 nitrogen and oxygen atoms in total. The number of hydrogen-bond donors (Lipinski definition) is 2. The lowest BCUT2D eigenvalue weighted by atomic mass is 10.3. The molecule has 0 saturated heterocycles. The molecule has 0 aromatic carbocycles. The van der Waals surface area contributed by atoms with Gasteiger partial charge in [-0.15, -0.1) is 35.3 Å². The van der Waals surface area contributed by atoms with Crippen LogP contribution in [0.2, 0.25) is 0 Å². The van der Waals surface area contributed by atoms with Gasteiger partial charge in [0.25, 0.3) is 0 Å². The highest BCUT2D eigenvalue weighted by atomic mass is 127. The van der Waals surface area contributed by atoms with E-state index in [4.69, 9.17) is 4.74 Å². The highest BCUT2D eigenvalue weighted by molar-refractivity contribution is 14.0. The van der Waals surface area contributed by atoms with Gasteiger partial charge in [0.1, 0.15) is 0 Å². The Hall–Kier alpha value is -0.410. The summed E-state index contributed by atoms with van der Waals surface area (Å²) in [6, 6.07) is 0. The van der Waals surface area contributed by atoms with E-state index in [1.807, 2.05) is 6.92 Å². The van der Waals surface area contributed by atoms with Crippen molar-refractivity contribution in [3.05, 3.63) is 15.6 Å². The summed E-state index contributed by atoms with van der Waals surface area (Å²) >= 11 is 1.78. The summed E-state index contributed by atoms with van der Waals surface area (Å²) in [4.78, 5) is 10.0. The largest absolute Gasteiger partial charge is 0.382 e. The van der Waals surface area contributed by atoms with E-state index in [1.54, 1.807) is 18.4 Å². The maximum atomic E-state index is 5.32. The molecule has 0 atom stereocenters. The first-order chi connectivity index (χ1) is 10.2. The van der Waals surface area contributed by atoms with Crippen molar-refractivity contribution in [1.82, 2.24) is 15.6 Å². The van der Waals surface area contributed by atoms with Crippen molar-refractivity contribution in [3.63, 3.8) is 0 Å². The first kappa shape index (κ1) is 21.6. The lowest BCUT2D eigenvalue weighted by Gasteiger charge is -2.11. The molecule has 7 heteroatoms. The number of aromatic nitrogens is 1. The zero-order valence-electron chi connectivity index (χ0n) is 14.1. The molecule has 0 amide bonds. The Morgan fingerprint density at radius 1 is 1.23 bits per heavy atom. The molecule has 0 aliphatic carbocycles. The highest BCUT2D eigenvalue weighted by Gasteiger charge is 2.04. The second-order valence-electron chi connectivity index (χ2n) is 4.82. The molecule has 128 valence electrons. The Balaban J connectivity index is 0.00000441. The van der Waals surface area contributed by atoms with E-state index < -0.39 is 0 Å². The third-order valence-electron chi connectivity index (χ3n) is 3.08. The number of aryl methyl sites for hydroxylation is 2. The summed E-state index contributed by atoms with van der Waals surface area (Å²) < 4.78 is 5.32. The number of hydrogen-bond acceptors (Lipinski definition) is 4. The van der Waals surface area contributed by atoms with Crippen LogP contribution in [0.25, 0.3) is 0 Å². The Morgan fingerprint density at radius 2 is 1.95 bits per heavy atom. The smallest absolute Gasteiger partial charge is 0.190 e. The summed E-state index contributed by atoms with van der Waals surface area (Å²) in [6.45, 7) is 9.59. The quantitative estimate of drug-likeness (QED) is 0.268. The van der Waals surface area contributed by atoms with Crippen molar-refractivity contribution >= 4 is 41.3 Å². The number of unbranched alkanes of at least 4 members (excludes halogenated alkanes) is 1. The predicted molar refractivity (Wildman–Crippen MR) is 106 cm³/mol. The maximum absolute atomic E-state index is 5.32. The Labute approximate surface area is 155 Å². The Kier molecular flexibility index (Phi) is 12.8. The van der Waals surface area contributed by atoms with Crippen LogP contribution >= 0.6 is 35.3 Å². The van der Waals surface area contributed by atoms with Gasteiger partial charge in [0.2, 0.25) is 0 Å². The third-order valence-corrected chi connectivity index (χ3v) is 4.21. The van der Waals surface area contributed by atoms with E-state index in [9.17, 15) is 0 Å². The number of thiazole rings is 1. The van der Waals surface area contributed by atoms with Crippen LogP contribution in [-0.4, -0.2) is 44.3 Å². The number of halogens is 1. The molecule has 0 saturated carbocycles. The van der Waals surface area contributed by atoms with Crippen molar-refractivity contribution in [2.45, 2.75) is 40.0 Å². The maximum Gasteiger partial charge on any atom is 0.190 e. The van der Waals surface area contributed by atoms with E-state index in [2.05, 4.69) is 34.5 Å². The molecule has 0 spiro atoms. The van der Waals surface area contributed by atoms with Crippen molar-refractivity contribution in [2.24, 2.45) is 4.99 Å². The van der Waals surface area contributed by atoms with Crippen LogP contribution in [0.4, 0.5) is 0 Å². The minimum Gasteiger partial charge on any atom is -0.382 e. The van der Waals surface area contributed by atoms with Crippen molar-refractivity contribution in [2.75, 3.05) is 33.4 Å². The topological polar surface area (TPSA) is 58.5 Å². The Bertz CT molecular complexity index is 437. The molecule has 1 heterocycles. The van der Waals surface area contributed by atoms with Gasteiger partial charge < -0.3 is 15.4 Å². The SMILES string of the molecule is CCOCCCCNC(=NC)NCCc1sc(C)nc1C.I. The number of ether oxygens (including phenoxy) is 1. The normalized spacial score (nSPS) is 11.2. The average molecular weight is 440 g/mol. The summed E-state index contributed by atoms with van der Waals surface area (Å²) in [7, 11) is 1.80. The minimum absolute atomic E-state index is 0. The van der Waals surface area contributed by atoms with E-state index >= 15 is 0 Å². The lowest BCUT2D eigenvalue weighted by molar-refractivity contribution is 0.143. The van der Waals surface area contributed by atoms with Gasteiger partial charge in [-0.3, -0.25) is 4.99 Å². The molecule has 0 fully saturated rings. The number of aliphatic imine (C=N–C) groups is 1. The van der Waals surface area contributed by atoms with Crippen molar-refractivity contribution in [1.29, 1.82) is 0 Å². The van der Waals surface area contributed by atoms with E-state index in [0.29, 0.717) is 0 Å². The van der Waals surface area contributed by atoms with E-state index in [0.717, 1.165) is 62.2 Å². The van der Waals surface area contributed by atoms with Crippen LogP contribution in [0.5, 0.6) is 0 Å². The summed E-state index contributed by atoms with van der Waals surface area (Å²) in [5.74, 6) is 0.866. The molecule has 1 aromatic heterocycles. The molecular weight excluding hydrogens is 411 g/mol. The third kappa shape index (κ3) is 8.89. The van der Waals surface area contributed by atoms with Gasteiger partial charge in [0, 0.05) is 44.6 Å². The van der Waals surface area contributed by atoms with Gasteiger partial charge in [-0.2, -0.15) is 0 Å². The first-order valence-corrected chi connectivity index (χ1v) is 8.44. The van der Waals surface area contributed by atoms with Gasteiger partial charge in [0.05, 0.1) is 10.7 Å². The molecule has 0 bridgehead atoms. The van der Waals surface area contributed by atoms with Gasteiger partial charge in [-0.05, 0) is 33.6 Å². The summed E-state index contributed by atoms with van der Waals surface area (Å²) in [5.41, 5.74) is 1.15. The fraction of sp³-hybridized carbons (Fsp3) is 0.733. The fourth-order valence-corrected chi connectivity index (χ4v) is 2.94. The second-order valence-corrected chi connectivity index (χ2v) is 6.11. The predicted octanol–water partition coefficient (Wildman–Crippen LogP) is 2.90. The highest BCUT2D eigenvalue weighted by Crippen LogP contribution is 2.16. The van der Waals surface area contributed by atoms with Crippen LogP contribution in [0.1, 0.15) is 35.3 Å². The van der Waals surface area contributed by atoms with Crippen LogP contribution in [0, 0.1) is 13.8 Å². The van der Waals surface area contributed by atoms with E-state index in [1.165, 1.54) is 4.88 Å². The molecule has 1 rings (SSSR count). The summed E-state index contributed by atoms with van der Waals surface area (Å²) in [6.07, 6.45) is 3.16. The number of nitrogens with one attached hydrogen (secondary N) is 2. The van der Waals surface area contributed by atoms with Crippen LogP contribution in [-0.2, 0) is 11.2 Å². The average Bonchev–Trinajstić information content (AvgIpc) is 2.78. The number of nitrogens with zero attached hydrogens (tertiary/aromatic N) is 2. The molecule has 0 aliphatic heterocycles. The van der Waals surface area contributed by atoms with Gasteiger partial charge in [0.15, 0.2) is 5.96 Å². The van der Waals surface area contributed by atoms with Crippen molar-refractivity contribution in [3.8, 4) is 0 Å². The van der Waals surface area contributed by atoms with Crippen molar-refractivity contribution < 1.29 is 4.74 Å². The van der Waals surface area contributed by atoms with Gasteiger partial charge in [-0.1, -0.05) is 0 Å². The molecule has 0 radical (unpaired) electrons.